The van der Waals surface area contributed by atoms with Crippen LogP contribution in [0.5, 0.6) is 5.75 Å². The number of anilines is 1. The van der Waals surface area contributed by atoms with Crippen LogP contribution in [0.3, 0.4) is 0 Å². The van der Waals surface area contributed by atoms with Gasteiger partial charge in [0.25, 0.3) is 5.91 Å². The first-order chi connectivity index (χ1) is 10.5. The van der Waals surface area contributed by atoms with E-state index >= 15 is 0 Å². The minimum absolute atomic E-state index is 0.109. The lowest BCUT2D eigenvalue weighted by Gasteiger charge is -2.13. The zero-order chi connectivity index (χ0) is 16.1. The van der Waals surface area contributed by atoms with Gasteiger partial charge in [0.05, 0.1) is 6.10 Å². The van der Waals surface area contributed by atoms with Crippen LogP contribution in [0.25, 0.3) is 0 Å². The molecule has 116 valence electrons. The minimum Gasteiger partial charge on any atom is -0.491 e. The van der Waals surface area contributed by atoms with Crippen molar-refractivity contribution in [3.63, 3.8) is 0 Å². The number of rotatable bonds is 5. The molecule has 0 aliphatic rings. The molecule has 1 atom stereocenters. The molecule has 0 bridgehead atoms. The van der Waals surface area contributed by atoms with E-state index < -0.39 is 0 Å². The molecule has 0 aromatic heterocycles. The fraction of sp³-hybridized carbons (Fsp3) is 0.316. The van der Waals surface area contributed by atoms with Crippen molar-refractivity contribution in [2.75, 3.05) is 5.32 Å². The number of nitrogens with one attached hydrogen (secondary N) is 1. The topological polar surface area (TPSA) is 38.3 Å². The predicted octanol–water partition coefficient (Wildman–Crippen LogP) is 4.73. The van der Waals surface area contributed by atoms with Gasteiger partial charge in [0.2, 0.25) is 0 Å². The van der Waals surface area contributed by atoms with Crippen LogP contribution in [0.2, 0.25) is 0 Å². The molecule has 0 saturated carbocycles. The van der Waals surface area contributed by atoms with E-state index in [0.29, 0.717) is 5.56 Å². The smallest absolute Gasteiger partial charge is 0.255 e. The molecule has 0 heterocycles. The Bertz CT molecular complexity index is 647. The summed E-state index contributed by atoms with van der Waals surface area (Å²) in [5.74, 6) is 0.680. The lowest BCUT2D eigenvalue weighted by Crippen LogP contribution is -2.13. The number of carbonyl (C=O) groups is 1. The highest BCUT2D eigenvalue weighted by molar-refractivity contribution is 6.04. The van der Waals surface area contributed by atoms with Crippen molar-refractivity contribution in [2.45, 2.75) is 40.2 Å². The maximum absolute atomic E-state index is 12.3. The molecule has 0 saturated heterocycles. The van der Waals surface area contributed by atoms with Gasteiger partial charge in [0, 0.05) is 11.3 Å². The number of carbonyl (C=O) groups excluding carboxylic acids is 1. The highest BCUT2D eigenvalue weighted by Crippen LogP contribution is 2.19. The zero-order valence-corrected chi connectivity index (χ0v) is 13.6. The molecule has 3 nitrogen and oxygen atoms in total. The molecule has 0 radical (unpaired) electrons. The Morgan fingerprint density at radius 3 is 2.41 bits per heavy atom. The second-order valence-electron chi connectivity index (χ2n) is 5.63. The molecule has 1 amide bonds. The van der Waals surface area contributed by atoms with Gasteiger partial charge in [0.1, 0.15) is 5.75 Å². The first-order valence-electron chi connectivity index (χ1n) is 7.65. The second-order valence-corrected chi connectivity index (χ2v) is 5.63. The van der Waals surface area contributed by atoms with E-state index in [-0.39, 0.29) is 12.0 Å². The summed E-state index contributed by atoms with van der Waals surface area (Å²) in [7, 11) is 0. The van der Waals surface area contributed by atoms with Crippen molar-refractivity contribution >= 4 is 11.6 Å². The van der Waals surface area contributed by atoms with Gasteiger partial charge in [-0.3, -0.25) is 4.79 Å². The van der Waals surface area contributed by atoms with Crippen LogP contribution in [0.4, 0.5) is 5.69 Å². The molecule has 0 aliphatic heterocycles. The largest absolute Gasteiger partial charge is 0.491 e. The van der Waals surface area contributed by atoms with E-state index in [0.717, 1.165) is 23.4 Å². The summed E-state index contributed by atoms with van der Waals surface area (Å²) in [6.07, 6.45) is 1.13. The molecule has 0 spiro atoms. The highest BCUT2D eigenvalue weighted by atomic mass is 16.5. The van der Waals surface area contributed by atoms with Crippen LogP contribution >= 0.6 is 0 Å². The molecular formula is C19H23NO2. The Hall–Kier alpha value is -2.29. The van der Waals surface area contributed by atoms with Gasteiger partial charge >= 0.3 is 0 Å². The fourth-order valence-electron chi connectivity index (χ4n) is 2.15. The van der Waals surface area contributed by atoms with E-state index in [4.69, 9.17) is 4.74 Å². The molecular weight excluding hydrogens is 274 g/mol. The van der Waals surface area contributed by atoms with Gasteiger partial charge in [0.15, 0.2) is 0 Å². The van der Waals surface area contributed by atoms with Gasteiger partial charge in [-0.05, 0) is 63.1 Å². The van der Waals surface area contributed by atoms with E-state index in [1.165, 1.54) is 5.56 Å². The maximum atomic E-state index is 12.3. The average Bonchev–Trinajstić information content (AvgIpc) is 2.50. The summed E-state index contributed by atoms with van der Waals surface area (Å²) in [5.41, 5.74) is 3.71. The van der Waals surface area contributed by atoms with E-state index in [2.05, 4.69) is 18.3 Å². The van der Waals surface area contributed by atoms with Crippen LogP contribution in [0.1, 0.15) is 41.8 Å². The van der Waals surface area contributed by atoms with E-state index in [1.807, 2.05) is 45.0 Å². The summed E-state index contributed by atoms with van der Waals surface area (Å²) in [6, 6.07) is 13.2. The Morgan fingerprint density at radius 1 is 1.14 bits per heavy atom. The fourth-order valence-corrected chi connectivity index (χ4v) is 2.15. The third-order valence-electron chi connectivity index (χ3n) is 3.66. The molecule has 0 aliphatic carbocycles. The quantitative estimate of drug-likeness (QED) is 0.866. The van der Waals surface area contributed by atoms with Crippen LogP contribution < -0.4 is 10.1 Å². The van der Waals surface area contributed by atoms with Gasteiger partial charge in [-0.25, -0.2) is 0 Å². The van der Waals surface area contributed by atoms with Crippen molar-refractivity contribution in [2.24, 2.45) is 0 Å². The van der Waals surface area contributed by atoms with Gasteiger partial charge in [-0.1, -0.05) is 24.6 Å². The molecule has 0 fully saturated rings. The number of hydrogen-bond donors (Lipinski definition) is 1. The molecule has 22 heavy (non-hydrogen) atoms. The highest BCUT2D eigenvalue weighted by Gasteiger charge is 2.08. The SMILES string of the molecule is CCC(C)Oc1ccc(C(=O)Nc2ccc(C)cc2C)cc1. The number of benzene rings is 2. The molecule has 3 heteroatoms. The number of aryl methyl sites for hydroxylation is 2. The number of hydrogen-bond acceptors (Lipinski definition) is 2. The van der Waals surface area contributed by atoms with Crippen molar-refractivity contribution in [3.8, 4) is 5.75 Å². The molecule has 1 unspecified atom stereocenters. The Morgan fingerprint density at radius 2 is 1.82 bits per heavy atom. The maximum Gasteiger partial charge on any atom is 0.255 e. The van der Waals surface area contributed by atoms with E-state index in [1.54, 1.807) is 12.1 Å². The lowest BCUT2D eigenvalue weighted by atomic mass is 10.1. The monoisotopic (exact) mass is 297 g/mol. The summed E-state index contributed by atoms with van der Waals surface area (Å²) < 4.78 is 5.72. The summed E-state index contributed by atoms with van der Waals surface area (Å²) in [6.45, 7) is 8.14. The normalized spacial score (nSPS) is 11.8. The van der Waals surface area contributed by atoms with Crippen molar-refractivity contribution in [1.82, 2.24) is 0 Å². The van der Waals surface area contributed by atoms with Crippen molar-refractivity contribution < 1.29 is 9.53 Å². The number of amides is 1. The number of ether oxygens (including phenoxy) is 1. The standard InChI is InChI=1S/C19H23NO2/c1-5-15(4)22-17-9-7-16(8-10-17)19(21)20-18-11-6-13(2)12-14(18)3/h6-12,15H,5H2,1-4H3,(H,20,21). The third-order valence-corrected chi connectivity index (χ3v) is 3.66. The van der Waals surface area contributed by atoms with Gasteiger partial charge in [-0.2, -0.15) is 0 Å². The van der Waals surface area contributed by atoms with E-state index in [9.17, 15) is 4.79 Å². The lowest BCUT2D eigenvalue weighted by molar-refractivity contribution is 0.102. The Kier molecular flexibility index (Phi) is 5.21. The average molecular weight is 297 g/mol. The first-order valence-corrected chi connectivity index (χ1v) is 7.65. The summed E-state index contributed by atoms with van der Waals surface area (Å²) in [5, 5.41) is 2.95. The van der Waals surface area contributed by atoms with Gasteiger partial charge < -0.3 is 10.1 Å². The first kappa shape index (κ1) is 16.1. The van der Waals surface area contributed by atoms with Crippen LogP contribution in [0.15, 0.2) is 42.5 Å². The second kappa shape index (κ2) is 7.12. The zero-order valence-electron chi connectivity index (χ0n) is 13.6. The van der Waals surface area contributed by atoms with Crippen LogP contribution in [0, 0.1) is 13.8 Å². The predicted molar refractivity (Wildman–Crippen MR) is 90.7 cm³/mol. The van der Waals surface area contributed by atoms with Crippen LogP contribution in [-0.4, -0.2) is 12.0 Å². The summed E-state index contributed by atoms with van der Waals surface area (Å²) in [4.78, 5) is 12.3. The summed E-state index contributed by atoms with van der Waals surface area (Å²) >= 11 is 0. The Labute approximate surface area is 132 Å². The van der Waals surface area contributed by atoms with Crippen LogP contribution in [-0.2, 0) is 0 Å². The minimum atomic E-state index is -0.109. The molecule has 2 aromatic carbocycles. The molecule has 2 aromatic rings. The molecule has 2 rings (SSSR count). The van der Waals surface area contributed by atoms with Crippen molar-refractivity contribution in [3.05, 3.63) is 59.2 Å². The Balaban J connectivity index is 2.06. The molecule has 1 N–H and O–H groups in total. The third kappa shape index (κ3) is 4.10. The van der Waals surface area contributed by atoms with Crippen molar-refractivity contribution in [1.29, 1.82) is 0 Å². The van der Waals surface area contributed by atoms with Gasteiger partial charge in [-0.15, -0.1) is 0 Å².